The van der Waals surface area contributed by atoms with Crippen molar-refractivity contribution in [3.05, 3.63) is 89.0 Å². The number of carbonyl (C=O) groups excluding carboxylic acids is 5. The van der Waals surface area contributed by atoms with E-state index in [-0.39, 0.29) is 48.3 Å². The Morgan fingerprint density at radius 2 is 1.61 bits per heavy atom. The van der Waals surface area contributed by atoms with Gasteiger partial charge in [-0.3, -0.25) is 34.2 Å². The van der Waals surface area contributed by atoms with Gasteiger partial charge < -0.3 is 48.9 Å². The number of halogens is 2. The number of ether oxygens (including phenoxy) is 6. The molecule has 3 aliphatic rings. The van der Waals surface area contributed by atoms with Gasteiger partial charge in [0.2, 0.25) is 23.6 Å². The number of aromatic nitrogens is 2. The number of nitrogens with one attached hydrogen (secondary N) is 3. The molecule has 4 heterocycles. The number of rotatable bonds is 26. The van der Waals surface area contributed by atoms with E-state index in [2.05, 4.69) is 30.8 Å². The zero-order chi connectivity index (χ0) is 49.2. The smallest absolute Gasteiger partial charge is 0.255 e. The molecule has 4 aromatic rings. The van der Waals surface area contributed by atoms with Crippen molar-refractivity contribution in [3.8, 4) is 5.75 Å². The minimum absolute atomic E-state index is 0.0345. The quantitative estimate of drug-likeness (QED) is 0.0343. The molecule has 19 nitrogen and oxygen atoms in total. The summed E-state index contributed by atoms with van der Waals surface area (Å²) < 4.78 is 47.2. The number of benzene rings is 3. The highest BCUT2D eigenvalue weighted by molar-refractivity contribution is 7.99. The lowest BCUT2D eigenvalue weighted by molar-refractivity contribution is -0.138. The standard InChI is InChI=1S/C48H56ClFN8O11S/c1-64-41-28-38-34(46(52-31-51-38)53-32-7-8-37(50)36(49)26-32)27-39(41)54-43(59)6-3-11-56-12-14-57(15-13-56)45(61)30-69-23-22-67-19-18-65-16-17-66-20-21-68-24-25-70-42-5-2-4-33-35(42)29-58(48(33)63)40-9-10-44(60)55-47(40)62/h2-8,26-28,31,40H,9-25,29-30H2,1H3,(H,54,59)(H,51,52,53)(H,55,60,62)/b6-3+. The van der Waals surface area contributed by atoms with Crippen LogP contribution in [0.1, 0.15) is 28.8 Å². The van der Waals surface area contributed by atoms with Crippen LogP contribution in [-0.2, 0) is 49.4 Å². The van der Waals surface area contributed by atoms with Crippen molar-refractivity contribution in [2.75, 3.05) is 122 Å². The summed E-state index contributed by atoms with van der Waals surface area (Å²) in [6.45, 7) is 6.77. The van der Waals surface area contributed by atoms with Crippen molar-refractivity contribution in [2.45, 2.75) is 30.3 Å². The van der Waals surface area contributed by atoms with E-state index in [1.807, 2.05) is 12.1 Å². The number of thioether (sulfide) groups is 1. The van der Waals surface area contributed by atoms with Crippen molar-refractivity contribution in [3.63, 3.8) is 0 Å². The van der Waals surface area contributed by atoms with Gasteiger partial charge in [-0.2, -0.15) is 0 Å². The van der Waals surface area contributed by atoms with Crippen molar-refractivity contribution in [1.82, 2.24) is 30.0 Å². The number of anilines is 3. The van der Waals surface area contributed by atoms with Gasteiger partial charge >= 0.3 is 0 Å². The van der Waals surface area contributed by atoms with Gasteiger partial charge in [-0.15, -0.1) is 11.8 Å². The average Bonchev–Trinajstić information content (AvgIpc) is 3.69. The summed E-state index contributed by atoms with van der Waals surface area (Å²) in [5, 5.41) is 8.88. The molecule has 2 fully saturated rings. The fraction of sp³-hybridized carbons (Fsp3) is 0.438. The van der Waals surface area contributed by atoms with Gasteiger partial charge in [0.05, 0.1) is 82.8 Å². The van der Waals surface area contributed by atoms with Gasteiger partial charge in [0.1, 0.15) is 36.4 Å². The third-order valence-corrected chi connectivity index (χ3v) is 12.8. The minimum atomic E-state index is -0.641. The Bertz CT molecular complexity index is 2520. The Morgan fingerprint density at radius 3 is 2.31 bits per heavy atom. The van der Waals surface area contributed by atoms with Crippen LogP contribution in [0.5, 0.6) is 5.75 Å². The zero-order valence-corrected chi connectivity index (χ0v) is 40.3. The summed E-state index contributed by atoms with van der Waals surface area (Å²) >= 11 is 7.55. The van der Waals surface area contributed by atoms with Crippen LogP contribution in [0.3, 0.4) is 0 Å². The van der Waals surface area contributed by atoms with Gasteiger partial charge in [-0.25, -0.2) is 14.4 Å². The molecule has 0 aliphatic carbocycles. The summed E-state index contributed by atoms with van der Waals surface area (Å²) in [6.07, 6.45) is 5.15. The van der Waals surface area contributed by atoms with Crippen LogP contribution in [0, 0.1) is 5.82 Å². The number of amides is 5. The van der Waals surface area contributed by atoms with Gasteiger partial charge in [-0.05, 0) is 48.4 Å². The van der Waals surface area contributed by atoms with Crippen LogP contribution in [0.4, 0.5) is 21.6 Å². The first-order valence-corrected chi connectivity index (χ1v) is 24.2. The summed E-state index contributed by atoms with van der Waals surface area (Å²) in [4.78, 5) is 77.7. The first-order valence-electron chi connectivity index (χ1n) is 22.9. The summed E-state index contributed by atoms with van der Waals surface area (Å²) in [7, 11) is 1.50. The molecule has 0 radical (unpaired) electrons. The third-order valence-electron chi connectivity index (χ3n) is 11.5. The van der Waals surface area contributed by atoms with Crippen LogP contribution in [0.2, 0.25) is 5.02 Å². The fourth-order valence-electron chi connectivity index (χ4n) is 7.86. The van der Waals surface area contributed by atoms with Crippen LogP contribution in [0.15, 0.2) is 71.9 Å². The molecule has 0 bridgehead atoms. The number of carbonyl (C=O) groups is 5. The maximum atomic E-state index is 13.7. The first kappa shape index (κ1) is 52.1. The zero-order valence-electron chi connectivity index (χ0n) is 38.8. The van der Waals surface area contributed by atoms with Gasteiger partial charge in [-0.1, -0.05) is 23.7 Å². The van der Waals surface area contributed by atoms with E-state index >= 15 is 0 Å². The Balaban J connectivity index is 0.670. The Kier molecular flexibility index (Phi) is 19.7. The van der Waals surface area contributed by atoms with Crippen molar-refractivity contribution in [2.24, 2.45) is 0 Å². The lowest BCUT2D eigenvalue weighted by Gasteiger charge is -2.34. The average molecular weight is 1010 g/mol. The lowest BCUT2D eigenvalue weighted by Crippen LogP contribution is -2.52. The molecule has 1 unspecified atom stereocenters. The fourth-order valence-corrected chi connectivity index (χ4v) is 8.98. The monoisotopic (exact) mass is 1010 g/mol. The lowest BCUT2D eigenvalue weighted by atomic mass is 10.0. The second-order valence-corrected chi connectivity index (χ2v) is 17.7. The Morgan fingerprint density at radius 1 is 0.900 bits per heavy atom. The molecule has 5 amide bonds. The van der Waals surface area contributed by atoms with E-state index < -0.39 is 17.8 Å². The van der Waals surface area contributed by atoms with E-state index in [1.54, 1.807) is 45.8 Å². The maximum Gasteiger partial charge on any atom is 0.255 e. The molecule has 2 saturated heterocycles. The predicted molar refractivity (Wildman–Crippen MR) is 259 cm³/mol. The summed E-state index contributed by atoms with van der Waals surface area (Å²) in [5.74, 6) is -0.378. The van der Waals surface area contributed by atoms with Crippen molar-refractivity contribution < 1.29 is 56.8 Å². The Labute approximate surface area is 413 Å². The SMILES string of the molecule is COc1cc2ncnc(Nc3ccc(F)c(Cl)c3)c2cc1NC(=O)/C=C/CN1CCN(C(=O)COCCOCCOCCOCCOCCSc2cccc3c2CN(C2CCC(=O)NC2=O)C3=O)CC1. The van der Waals surface area contributed by atoms with Gasteiger partial charge in [0.25, 0.3) is 5.91 Å². The topological polar surface area (TPSA) is 212 Å². The molecule has 3 aliphatic heterocycles. The highest BCUT2D eigenvalue weighted by Gasteiger charge is 2.40. The number of methoxy groups -OCH3 is 1. The highest BCUT2D eigenvalue weighted by Crippen LogP contribution is 2.35. The second-order valence-electron chi connectivity index (χ2n) is 16.2. The number of imide groups is 1. The molecule has 374 valence electrons. The van der Waals surface area contributed by atoms with E-state index in [1.165, 1.54) is 37.7 Å². The number of piperidine rings is 1. The molecule has 7 rings (SSSR count). The van der Waals surface area contributed by atoms with Crippen LogP contribution >= 0.6 is 23.4 Å². The number of nitrogens with zero attached hydrogens (tertiary/aromatic N) is 5. The molecule has 1 aromatic heterocycles. The molecule has 3 aromatic carbocycles. The van der Waals surface area contributed by atoms with E-state index in [4.69, 9.17) is 40.0 Å². The Hall–Kier alpha value is -5.78. The van der Waals surface area contributed by atoms with Gasteiger partial charge in [0, 0.05) is 85.1 Å². The van der Waals surface area contributed by atoms with Crippen molar-refractivity contribution >= 4 is 81.0 Å². The first-order chi connectivity index (χ1) is 34.1. The molecular weight excluding hydrogens is 951 g/mol. The minimum Gasteiger partial charge on any atom is -0.494 e. The number of hydrogen-bond acceptors (Lipinski definition) is 16. The normalized spacial score (nSPS) is 16.3. The van der Waals surface area contributed by atoms with E-state index in [0.717, 1.165) is 10.5 Å². The maximum absolute atomic E-state index is 13.7. The number of piperazine rings is 1. The van der Waals surface area contributed by atoms with Gasteiger partial charge in [0.15, 0.2) is 0 Å². The molecule has 1 atom stereocenters. The molecule has 0 spiro atoms. The largest absolute Gasteiger partial charge is 0.494 e. The third kappa shape index (κ3) is 14.6. The van der Waals surface area contributed by atoms with E-state index in [9.17, 15) is 28.4 Å². The highest BCUT2D eigenvalue weighted by atomic mass is 35.5. The van der Waals surface area contributed by atoms with E-state index in [0.29, 0.717) is 144 Å². The molecule has 22 heteroatoms. The van der Waals surface area contributed by atoms with Crippen molar-refractivity contribution in [1.29, 1.82) is 0 Å². The number of fused-ring (bicyclic) bond motifs is 2. The van der Waals surface area contributed by atoms with Crippen LogP contribution < -0.4 is 20.7 Å². The summed E-state index contributed by atoms with van der Waals surface area (Å²) in [5.41, 5.74) is 3.00. The second kappa shape index (κ2) is 26.4. The molecule has 3 N–H and O–H groups in total. The molecule has 0 saturated carbocycles. The molecular formula is C48H56ClFN8O11S. The van der Waals surface area contributed by atoms with Crippen LogP contribution in [0.25, 0.3) is 10.9 Å². The number of hydrogen-bond donors (Lipinski definition) is 3. The predicted octanol–water partition coefficient (Wildman–Crippen LogP) is 4.45. The molecule has 70 heavy (non-hydrogen) atoms. The van der Waals surface area contributed by atoms with Crippen LogP contribution in [-0.4, -0.2) is 172 Å². The summed E-state index contributed by atoms with van der Waals surface area (Å²) in [6, 6.07) is 12.6.